The maximum absolute atomic E-state index is 13.8. The number of benzene rings is 2. The van der Waals surface area contributed by atoms with Gasteiger partial charge in [0.2, 0.25) is 10.0 Å². The van der Waals surface area contributed by atoms with Gasteiger partial charge in [0, 0.05) is 19.6 Å². The van der Waals surface area contributed by atoms with Gasteiger partial charge in [0.1, 0.15) is 10.7 Å². The first-order valence-corrected chi connectivity index (χ1v) is 10.5. The maximum Gasteiger partial charge on any atom is 0.256 e. The van der Waals surface area contributed by atoms with Crippen molar-refractivity contribution in [1.29, 1.82) is 0 Å². The van der Waals surface area contributed by atoms with Gasteiger partial charge in [-0.05, 0) is 43.0 Å². The normalized spacial score (nSPS) is 15.7. The first-order chi connectivity index (χ1) is 12.9. The van der Waals surface area contributed by atoms with Crippen LogP contribution in [0.1, 0.15) is 23.2 Å². The van der Waals surface area contributed by atoms with Crippen molar-refractivity contribution in [3.05, 3.63) is 64.9 Å². The van der Waals surface area contributed by atoms with E-state index in [1.807, 2.05) is 0 Å². The van der Waals surface area contributed by atoms with Gasteiger partial charge in [-0.25, -0.2) is 17.5 Å². The summed E-state index contributed by atoms with van der Waals surface area (Å²) in [5, 5.41) is 0.176. The van der Waals surface area contributed by atoms with Crippen molar-refractivity contribution in [2.24, 2.45) is 5.92 Å². The van der Waals surface area contributed by atoms with Crippen LogP contribution in [0.15, 0.2) is 53.4 Å². The van der Waals surface area contributed by atoms with Gasteiger partial charge in [-0.15, -0.1) is 0 Å². The van der Waals surface area contributed by atoms with Crippen molar-refractivity contribution in [3.8, 4) is 0 Å². The van der Waals surface area contributed by atoms with Gasteiger partial charge in [0.25, 0.3) is 5.91 Å². The molecule has 1 saturated heterocycles. The first-order valence-electron chi connectivity index (χ1n) is 8.66. The van der Waals surface area contributed by atoms with E-state index in [2.05, 4.69) is 4.72 Å². The van der Waals surface area contributed by atoms with Crippen molar-refractivity contribution in [1.82, 2.24) is 9.62 Å². The fraction of sp³-hybridized carbons (Fsp3) is 0.316. The largest absolute Gasteiger partial charge is 0.339 e. The summed E-state index contributed by atoms with van der Waals surface area (Å²) in [6.07, 6.45) is 1.29. The number of rotatable bonds is 5. The molecule has 0 atom stereocenters. The van der Waals surface area contributed by atoms with E-state index in [0.29, 0.717) is 25.9 Å². The fourth-order valence-electron chi connectivity index (χ4n) is 3.11. The molecule has 1 aliphatic rings. The van der Waals surface area contributed by atoms with Crippen LogP contribution in [0.5, 0.6) is 0 Å². The second kappa shape index (κ2) is 8.37. The molecule has 8 heteroatoms. The molecule has 27 heavy (non-hydrogen) atoms. The molecule has 3 rings (SSSR count). The van der Waals surface area contributed by atoms with Gasteiger partial charge in [0.15, 0.2) is 0 Å². The summed E-state index contributed by atoms with van der Waals surface area (Å²) < 4.78 is 41.2. The zero-order valence-electron chi connectivity index (χ0n) is 14.6. The molecular formula is C19H20ClFN2O3S. The van der Waals surface area contributed by atoms with Crippen LogP contribution in [-0.4, -0.2) is 38.9 Å². The standard InChI is InChI=1S/C19H20ClFN2O3S/c20-16-6-2-4-8-18(16)27(25,26)22-13-14-9-11-23(12-10-14)19(24)15-5-1-3-7-17(15)21/h1-8,14,22H,9-13H2. The van der Waals surface area contributed by atoms with Gasteiger partial charge < -0.3 is 4.90 Å². The van der Waals surface area contributed by atoms with Crippen molar-refractivity contribution in [3.63, 3.8) is 0 Å². The first kappa shape index (κ1) is 19.8. The third kappa shape index (κ3) is 4.66. The Balaban J connectivity index is 1.55. The zero-order chi connectivity index (χ0) is 19.4. The molecule has 1 aliphatic heterocycles. The minimum Gasteiger partial charge on any atom is -0.339 e. The van der Waals surface area contributed by atoms with Crippen molar-refractivity contribution >= 4 is 27.5 Å². The van der Waals surface area contributed by atoms with E-state index in [0.717, 1.165) is 0 Å². The monoisotopic (exact) mass is 410 g/mol. The molecule has 0 unspecified atom stereocenters. The Morgan fingerprint density at radius 1 is 1.11 bits per heavy atom. The fourth-order valence-corrected chi connectivity index (χ4v) is 4.75. The quantitative estimate of drug-likeness (QED) is 0.822. The molecule has 1 N–H and O–H groups in total. The Morgan fingerprint density at radius 3 is 2.41 bits per heavy atom. The topological polar surface area (TPSA) is 66.5 Å². The van der Waals surface area contributed by atoms with Crippen LogP contribution in [0.4, 0.5) is 4.39 Å². The van der Waals surface area contributed by atoms with Crippen LogP contribution in [0, 0.1) is 11.7 Å². The number of piperidine rings is 1. The number of nitrogens with one attached hydrogen (secondary N) is 1. The highest BCUT2D eigenvalue weighted by atomic mass is 35.5. The Labute approximate surface area is 163 Å². The van der Waals surface area contributed by atoms with E-state index < -0.39 is 15.8 Å². The third-order valence-corrected chi connectivity index (χ3v) is 6.62. The highest BCUT2D eigenvalue weighted by molar-refractivity contribution is 7.89. The second-order valence-electron chi connectivity index (χ2n) is 6.50. The molecule has 0 spiro atoms. The molecular weight excluding hydrogens is 391 g/mol. The maximum atomic E-state index is 13.8. The Morgan fingerprint density at radius 2 is 1.74 bits per heavy atom. The summed E-state index contributed by atoms with van der Waals surface area (Å²) in [5.74, 6) is -0.757. The predicted molar refractivity (Wildman–Crippen MR) is 102 cm³/mol. The van der Waals surface area contributed by atoms with Crippen LogP contribution in [0.25, 0.3) is 0 Å². The van der Waals surface area contributed by atoms with E-state index in [9.17, 15) is 17.6 Å². The molecule has 0 bridgehead atoms. The predicted octanol–water partition coefficient (Wildman–Crippen LogP) is 3.31. The van der Waals surface area contributed by atoms with E-state index in [4.69, 9.17) is 11.6 Å². The molecule has 0 radical (unpaired) electrons. The van der Waals surface area contributed by atoms with Crippen LogP contribution in [-0.2, 0) is 10.0 Å². The van der Waals surface area contributed by atoms with E-state index in [1.165, 1.54) is 24.3 Å². The molecule has 144 valence electrons. The molecule has 1 heterocycles. The summed E-state index contributed by atoms with van der Waals surface area (Å²) in [6.45, 7) is 1.20. The van der Waals surface area contributed by atoms with Crippen LogP contribution < -0.4 is 4.72 Å². The number of hydrogen-bond donors (Lipinski definition) is 1. The molecule has 2 aromatic carbocycles. The molecule has 1 fully saturated rings. The molecule has 5 nitrogen and oxygen atoms in total. The highest BCUT2D eigenvalue weighted by Crippen LogP contribution is 2.23. The number of likely N-dealkylation sites (tertiary alicyclic amines) is 1. The van der Waals surface area contributed by atoms with Gasteiger partial charge >= 0.3 is 0 Å². The highest BCUT2D eigenvalue weighted by Gasteiger charge is 2.26. The van der Waals surface area contributed by atoms with Gasteiger partial charge in [-0.2, -0.15) is 0 Å². The molecule has 2 aromatic rings. The van der Waals surface area contributed by atoms with Crippen LogP contribution >= 0.6 is 11.6 Å². The average Bonchev–Trinajstić information content (AvgIpc) is 2.67. The van der Waals surface area contributed by atoms with Crippen molar-refractivity contribution in [2.45, 2.75) is 17.7 Å². The lowest BCUT2D eigenvalue weighted by Gasteiger charge is -2.32. The number of amides is 1. The summed E-state index contributed by atoms with van der Waals surface area (Å²) in [4.78, 5) is 14.1. The van der Waals surface area contributed by atoms with Crippen molar-refractivity contribution < 1.29 is 17.6 Å². The number of hydrogen-bond acceptors (Lipinski definition) is 3. The number of nitrogens with zero attached hydrogens (tertiary/aromatic N) is 1. The Hall–Kier alpha value is -1.96. The molecule has 0 aromatic heterocycles. The van der Waals surface area contributed by atoms with Crippen LogP contribution in [0.2, 0.25) is 5.02 Å². The lowest BCUT2D eigenvalue weighted by atomic mass is 9.96. The third-order valence-electron chi connectivity index (χ3n) is 4.69. The van der Waals surface area contributed by atoms with Crippen molar-refractivity contribution in [2.75, 3.05) is 19.6 Å². The Bertz CT molecular complexity index is 928. The summed E-state index contributed by atoms with van der Waals surface area (Å²) in [5.41, 5.74) is 0.0652. The van der Waals surface area contributed by atoms with E-state index in [-0.39, 0.29) is 33.9 Å². The van der Waals surface area contributed by atoms with Gasteiger partial charge in [-0.1, -0.05) is 35.9 Å². The van der Waals surface area contributed by atoms with Crippen LogP contribution in [0.3, 0.4) is 0 Å². The summed E-state index contributed by atoms with van der Waals surface area (Å²) in [7, 11) is -3.68. The summed E-state index contributed by atoms with van der Waals surface area (Å²) >= 11 is 5.96. The average molecular weight is 411 g/mol. The lowest BCUT2D eigenvalue weighted by molar-refractivity contribution is 0.0687. The number of carbonyl (C=O) groups is 1. The summed E-state index contributed by atoms with van der Waals surface area (Å²) in [6, 6.07) is 12.2. The minimum absolute atomic E-state index is 0.0545. The SMILES string of the molecule is O=C(c1ccccc1F)N1CCC(CNS(=O)(=O)c2ccccc2Cl)CC1. The zero-order valence-corrected chi connectivity index (χ0v) is 16.1. The Kier molecular flexibility index (Phi) is 6.14. The van der Waals surface area contributed by atoms with Gasteiger partial charge in [0.05, 0.1) is 10.6 Å². The van der Waals surface area contributed by atoms with E-state index in [1.54, 1.807) is 29.2 Å². The number of sulfonamides is 1. The molecule has 0 saturated carbocycles. The number of halogens is 2. The van der Waals surface area contributed by atoms with E-state index >= 15 is 0 Å². The lowest BCUT2D eigenvalue weighted by Crippen LogP contribution is -2.41. The van der Waals surface area contributed by atoms with Gasteiger partial charge in [-0.3, -0.25) is 4.79 Å². The second-order valence-corrected chi connectivity index (χ2v) is 8.64. The number of carbonyl (C=O) groups excluding carboxylic acids is 1. The minimum atomic E-state index is -3.68. The molecule has 0 aliphatic carbocycles. The molecule has 1 amide bonds. The smallest absolute Gasteiger partial charge is 0.256 e.